The Morgan fingerprint density at radius 1 is 1.00 bits per heavy atom. The Kier molecular flexibility index (Phi) is 6.63. The van der Waals surface area contributed by atoms with Crippen LogP contribution < -0.4 is 24.8 Å². The minimum absolute atomic E-state index is 0.388. The van der Waals surface area contributed by atoms with Crippen molar-refractivity contribution >= 4 is 44.8 Å². The molecule has 0 aliphatic rings. The molecule has 8 nitrogen and oxygen atoms in total. The van der Waals surface area contributed by atoms with Gasteiger partial charge in [-0.1, -0.05) is 0 Å². The molecule has 2 aromatic carbocycles. The molecule has 1 aromatic heterocycles. The minimum atomic E-state index is -0.460. The normalized spacial score (nSPS) is 10.4. The van der Waals surface area contributed by atoms with Crippen molar-refractivity contribution in [3.05, 3.63) is 41.3 Å². The molecule has 3 rings (SSSR count). The topological polar surface area (TPSA) is 95.1 Å². The monoisotopic (exact) mass is 430 g/mol. The molecular weight excluding hydrogens is 408 g/mol. The van der Waals surface area contributed by atoms with Gasteiger partial charge in [-0.3, -0.25) is 0 Å². The highest BCUT2D eigenvalue weighted by molar-refractivity contribution is 7.21. The number of benzene rings is 2. The summed E-state index contributed by atoms with van der Waals surface area (Å²) in [6, 6.07) is 9.97. The average molecular weight is 430 g/mol. The molecule has 0 unspecified atom stereocenters. The lowest BCUT2D eigenvalue weighted by molar-refractivity contribution is 0.0602. The van der Waals surface area contributed by atoms with E-state index >= 15 is 0 Å². The van der Waals surface area contributed by atoms with Crippen molar-refractivity contribution in [3.8, 4) is 17.2 Å². The molecule has 2 amide bonds. The number of ether oxygens (including phenoxy) is 4. The van der Waals surface area contributed by atoms with Crippen LogP contribution in [-0.2, 0) is 4.74 Å². The molecule has 2 N–H and O–H groups in total. The Hall–Kier alpha value is -3.46. The van der Waals surface area contributed by atoms with Crippen LogP contribution in [0.25, 0.3) is 10.1 Å². The average Bonchev–Trinajstić information content (AvgIpc) is 3.11. The third-order valence-corrected chi connectivity index (χ3v) is 5.35. The van der Waals surface area contributed by atoms with Gasteiger partial charge in [0.25, 0.3) is 0 Å². The summed E-state index contributed by atoms with van der Waals surface area (Å²) in [6.45, 7) is 2.23. The summed E-state index contributed by atoms with van der Waals surface area (Å²) < 4.78 is 21.8. The fourth-order valence-corrected chi connectivity index (χ4v) is 3.90. The van der Waals surface area contributed by atoms with E-state index in [1.54, 1.807) is 37.4 Å². The maximum absolute atomic E-state index is 12.5. The number of hydrogen-bond acceptors (Lipinski definition) is 7. The third-order valence-electron chi connectivity index (χ3n) is 4.22. The predicted molar refractivity (Wildman–Crippen MR) is 117 cm³/mol. The summed E-state index contributed by atoms with van der Waals surface area (Å²) in [6.07, 6.45) is 0. The number of thiophene rings is 1. The van der Waals surface area contributed by atoms with Crippen LogP contribution in [0.4, 0.5) is 16.2 Å². The highest BCUT2D eigenvalue weighted by Gasteiger charge is 2.21. The molecule has 0 fully saturated rings. The van der Waals surface area contributed by atoms with Crippen LogP contribution in [0.1, 0.15) is 16.6 Å². The summed E-state index contributed by atoms with van der Waals surface area (Å²) in [4.78, 5) is 24.9. The van der Waals surface area contributed by atoms with Gasteiger partial charge in [-0.2, -0.15) is 0 Å². The maximum atomic E-state index is 12.5. The standard InChI is InChI=1S/C21H22N2O6S/c1-5-29-18-14-10-12(6-9-17(14)30-19(18)20(24)28-4)22-21(25)23-15-8-7-13(26-2)11-16(15)27-3/h6-11H,5H2,1-4H3,(H2,22,23,25). The van der Waals surface area contributed by atoms with E-state index in [1.807, 2.05) is 13.0 Å². The summed E-state index contributed by atoms with van der Waals surface area (Å²) in [5.74, 6) is 1.08. The van der Waals surface area contributed by atoms with Crippen LogP contribution in [0, 0.1) is 0 Å². The first-order valence-corrected chi connectivity index (χ1v) is 9.90. The van der Waals surface area contributed by atoms with Crippen LogP contribution in [0.2, 0.25) is 0 Å². The Morgan fingerprint density at radius 2 is 1.80 bits per heavy atom. The van der Waals surface area contributed by atoms with Crippen LogP contribution in [0.3, 0.4) is 0 Å². The van der Waals surface area contributed by atoms with Gasteiger partial charge >= 0.3 is 12.0 Å². The Labute approximate surface area is 177 Å². The van der Waals surface area contributed by atoms with Crippen molar-refractivity contribution in [2.75, 3.05) is 38.6 Å². The van der Waals surface area contributed by atoms with E-state index in [2.05, 4.69) is 10.6 Å². The van der Waals surface area contributed by atoms with Crippen LogP contribution in [-0.4, -0.2) is 39.9 Å². The number of urea groups is 1. The van der Waals surface area contributed by atoms with Crippen molar-refractivity contribution in [1.82, 2.24) is 0 Å². The van der Waals surface area contributed by atoms with Crippen molar-refractivity contribution in [1.29, 1.82) is 0 Å². The number of amides is 2. The molecule has 0 saturated carbocycles. The van der Waals surface area contributed by atoms with Gasteiger partial charge in [-0.05, 0) is 37.3 Å². The van der Waals surface area contributed by atoms with Gasteiger partial charge in [0, 0.05) is 21.8 Å². The zero-order valence-corrected chi connectivity index (χ0v) is 17.8. The molecule has 9 heteroatoms. The third kappa shape index (κ3) is 4.41. The number of fused-ring (bicyclic) bond motifs is 1. The van der Waals surface area contributed by atoms with E-state index in [1.165, 1.54) is 25.6 Å². The highest BCUT2D eigenvalue weighted by Crippen LogP contribution is 2.39. The second kappa shape index (κ2) is 9.36. The fraction of sp³-hybridized carbons (Fsp3) is 0.238. The van der Waals surface area contributed by atoms with E-state index < -0.39 is 12.0 Å². The van der Waals surface area contributed by atoms with Gasteiger partial charge in [0.15, 0.2) is 10.6 Å². The van der Waals surface area contributed by atoms with E-state index in [-0.39, 0.29) is 0 Å². The van der Waals surface area contributed by atoms with E-state index in [4.69, 9.17) is 18.9 Å². The fourth-order valence-electron chi connectivity index (χ4n) is 2.85. The van der Waals surface area contributed by atoms with Gasteiger partial charge in [0.05, 0.1) is 33.6 Å². The second-order valence-electron chi connectivity index (χ2n) is 6.04. The van der Waals surface area contributed by atoms with Crippen molar-refractivity contribution in [2.24, 2.45) is 0 Å². The molecule has 30 heavy (non-hydrogen) atoms. The summed E-state index contributed by atoms with van der Waals surface area (Å²) in [5.41, 5.74) is 1.04. The lowest BCUT2D eigenvalue weighted by Crippen LogP contribution is -2.19. The first kappa shape index (κ1) is 21.3. The number of methoxy groups -OCH3 is 3. The van der Waals surface area contributed by atoms with Gasteiger partial charge in [-0.25, -0.2) is 9.59 Å². The van der Waals surface area contributed by atoms with Crippen LogP contribution >= 0.6 is 11.3 Å². The van der Waals surface area contributed by atoms with E-state index in [9.17, 15) is 9.59 Å². The molecule has 0 aliphatic carbocycles. The SMILES string of the molecule is CCOc1c(C(=O)OC)sc2ccc(NC(=O)Nc3ccc(OC)cc3OC)cc12. The molecule has 3 aromatic rings. The first-order valence-electron chi connectivity index (χ1n) is 9.08. The maximum Gasteiger partial charge on any atom is 0.351 e. The lowest BCUT2D eigenvalue weighted by Gasteiger charge is -2.12. The zero-order chi connectivity index (χ0) is 21.7. The smallest absolute Gasteiger partial charge is 0.351 e. The Morgan fingerprint density at radius 3 is 2.47 bits per heavy atom. The summed E-state index contributed by atoms with van der Waals surface area (Å²) in [7, 11) is 4.39. The lowest BCUT2D eigenvalue weighted by atomic mass is 10.2. The molecule has 0 bridgehead atoms. The summed E-state index contributed by atoms with van der Waals surface area (Å²) >= 11 is 1.28. The van der Waals surface area contributed by atoms with Gasteiger partial charge < -0.3 is 29.6 Å². The zero-order valence-electron chi connectivity index (χ0n) is 17.0. The van der Waals surface area contributed by atoms with Gasteiger partial charge in [0.1, 0.15) is 11.5 Å². The largest absolute Gasteiger partial charge is 0.497 e. The minimum Gasteiger partial charge on any atom is -0.497 e. The van der Waals surface area contributed by atoms with E-state index in [0.29, 0.717) is 40.1 Å². The first-order chi connectivity index (χ1) is 14.5. The molecular formula is C21H22N2O6S. The van der Waals surface area contributed by atoms with Crippen LogP contribution in [0.15, 0.2) is 36.4 Å². The molecule has 0 saturated heterocycles. The molecule has 158 valence electrons. The molecule has 0 radical (unpaired) electrons. The van der Waals surface area contributed by atoms with E-state index in [0.717, 1.165) is 10.1 Å². The highest BCUT2D eigenvalue weighted by atomic mass is 32.1. The number of hydrogen-bond donors (Lipinski definition) is 2. The quantitative estimate of drug-likeness (QED) is 0.526. The molecule has 0 spiro atoms. The number of esters is 1. The van der Waals surface area contributed by atoms with Gasteiger partial charge in [-0.15, -0.1) is 11.3 Å². The van der Waals surface area contributed by atoms with Crippen molar-refractivity contribution in [2.45, 2.75) is 6.92 Å². The number of carbonyl (C=O) groups is 2. The second-order valence-corrected chi connectivity index (χ2v) is 7.09. The summed E-state index contributed by atoms with van der Waals surface area (Å²) in [5, 5.41) is 6.25. The predicted octanol–water partition coefficient (Wildman–Crippen LogP) is 4.75. The number of anilines is 2. The van der Waals surface area contributed by atoms with Crippen molar-refractivity contribution in [3.63, 3.8) is 0 Å². The Balaban J connectivity index is 1.84. The molecule has 1 heterocycles. The van der Waals surface area contributed by atoms with Gasteiger partial charge in [0.2, 0.25) is 0 Å². The number of nitrogens with one attached hydrogen (secondary N) is 2. The van der Waals surface area contributed by atoms with Crippen molar-refractivity contribution < 1.29 is 28.5 Å². The Bertz CT molecular complexity index is 1080. The molecule has 0 atom stereocenters. The number of rotatable bonds is 7. The van der Waals surface area contributed by atoms with Crippen LogP contribution in [0.5, 0.6) is 17.2 Å². The molecule has 0 aliphatic heterocycles. The number of carbonyl (C=O) groups excluding carboxylic acids is 2.